The second-order valence-electron chi connectivity index (χ2n) is 6.03. The smallest absolute Gasteiger partial charge is 0.410 e. The van der Waals surface area contributed by atoms with E-state index in [4.69, 9.17) is 4.74 Å². The first-order valence-electron chi connectivity index (χ1n) is 7.96. The van der Waals surface area contributed by atoms with E-state index in [1.54, 1.807) is 23.1 Å². The second kappa shape index (κ2) is 5.63. The normalized spacial score (nSPS) is 18.3. The second-order valence-corrected chi connectivity index (χ2v) is 6.03. The molecule has 1 aromatic heterocycles. The van der Waals surface area contributed by atoms with Gasteiger partial charge in [0.2, 0.25) is 0 Å². The molecule has 6 heteroatoms. The molecule has 3 heterocycles. The summed E-state index contributed by atoms with van der Waals surface area (Å²) in [6.07, 6.45) is 0.401. The lowest BCUT2D eigenvalue weighted by molar-refractivity contribution is 0.101. The Morgan fingerprint density at radius 1 is 1.17 bits per heavy atom. The van der Waals surface area contributed by atoms with Crippen molar-refractivity contribution in [3.63, 3.8) is 0 Å². The SMILES string of the molecule is CC(=O)c1ccc2c(n1)N(C(=O)Oc1ccccc1)[C@H]1CCN2C1. The van der Waals surface area contributed by atoms with Gasteiger partial charge < -0.3 is 9.64 Å². The minimum Gasteiger partial charge on any atom is -0.410 e. The molecule has 0 radical (unpaired) electrons. The van der Waals surface area contributed by atoms with Crippen LogP contribution in [0.3, 0.4) is 0 Å². The number of rotatable bonds is 2. The van der Waals surface area contributed by atoms with Crippen molar-refractivity contribution in [3.05, 3.63) is 48.2 Å². The maximum atomic E-state index is 12.8. The summed E-state index contributed by atoms with van der Waals surface area (Å²) in [5, 5.41) is 0. The first-order valence-corrected chi connectivity index (χ1v) is 7.96. The molecule has 2 bridgehead atoms. The van der Waals surface area contributed by atoms with Crippen LogP contribution in [0.1, 0.15) is 23.8 Å². The minimum absolute atomic E-state index is 0.0171. The number of amides is 1. The van der Waals surface area contributed by atoms with Crippen LogP contribution in [0.2, 0.25) is 0 Å². The Morgan fingerprint density at radius 2 is 1.96 bits per heavy atom. The predicted octanol–water partition coefficient (Wildman–Crippen LogP) is 2.88. The lowest BCUT2D eigenvalue weighted by atomic mass is 10.1. The fraction of sp³-hybridized carbons (Fsp3) is 0.278. The van der Waals surface area contributed by atoms with Crippen LogP contribution in [0, 0.1) is 0 Å². The van der Waals surface area contributed by atoms with Crippen molar-refractivity contribution in [1.82, 2.24) is 4.98 Å². The van der Waals surface area contributed by atoms with Gasteiger partial charge in [-0.3, -0.25) is 9.69 Å². The summed E-state index contributed by atoms with van der Waals surface area (Å²) < 4.78 is 5.51. The lowest BCUT2D eigenvalue weighted by Gasteiger charge is -2.35. The van der Waals surface area contributed by atoms with E-state index in [0.29, 0.717) is 17.3 Å². The molecule has 1 amide bonds. The number of fused-ring (bicyclic) bond motifs is 4. The third kappa shape index (κ3) is 2.40. The molecule has 2 aliphatic rings. The molecule has 0 aliphatic carbocycles. The number of anilines is 2. The predicted molar refractivity (Wildman–Crippen MR) is 89.8 cm³/mol. The summed E-state index contributed by atoms with van der Waals surface area (Å²) in [6, 6.07) is 12.6. The van der Waals surface area contributed by atoms with Crippen LogP contribution in [0.5, 0.6) is 5.75 Å². The average Bonchev–Trinajstić information content (AvgIpc) is 3.00. The molecule has 2 aromatic rings. The maximum Gasteiger partial charge on any atom is 0.421 e. The van der Waals surface area contributed by atoms with Crippen LogP contribution < -0.4 is 14.5 Å². The topological polar surface area (TPSA) is 62.7 Å². The number of ether oxygens (including phenoxy) is 1. The van der Waals surface area contributed by atoms with Crippen LogP contribution in [-0.4, -0.2) is 36.0 Å². The Labute approximate surface area is 139 Å². The molecule has 122 valence electrons. The van der Waals surface area contributed by atoms with Gasteiger partial charge in [0, 0.05) is 20.0 Å². The highest BCUT2D eigenvalue weighted by Crippen LogP contribution is 2.39. The number of carbonyl (C=O) groups is 2. The first kappa shape index (κ1) is 14.7. The first-order chi connectivity index (χ1) is 11.6. The molecular formula is C18H17N3O3. The third-order valence-corrected chi connectivity index (χ3v) is 4.46. The number of hydrogen-bond donors (Lipinski definition) is 0. The summed E-state index contributed by atoms with van der Waals surface area (Å²) in [7, 11) is 0. The molecular weight excluding hydrogens is 306 g/mol. The number of aromatic nitrogens is 1. The molecule has 6 nitrogen and oxygen atoms in total. The van der Waals surface area contributed by atoms with Crippen molar-refractivity contribution < 1.29 is 14.3 Å². The molecule has 1 aromatic carbocycles. The molecule has 24 heavy (non-hydrogen) atoms. The standard InChI is InChI=1S/C18H17N3O3/c1-12(22)15-7-8-16-17(19-15)21(13-9-10-20(16)11-13)18(23)24-14-5-3-2-4-6-14/h2-8,13H,9-11H2,1H3/t13-/m0/s1. The fourth-order valence-corrected chi connectivity index (χ4v) is 3.28. The summed E-state index contributed by atoms with van der Waals surface area (Å²) in [5.74, 6) is 0.881. The molecule has 0 spiro atoms. The van der Waals surface area contributed by atoms with E-state index in [1.165, 1.54) is 6.92 Å². The monoisotopic (exact) mass is 323 g/mol. The highest BCUT2D eigenvalue weighted by atomic mass is 16.6. The summed E-state index contributed by atoms with van der Waals surface area (Å²) >= 11 is 0. The molecule has 0 N–H and O–H groups in total. The Bertz CT molecular complexity index is 806. The zero-order chi connectivity index (χ0) is 16.7. The van der Waals surface area contributed by atoms with Crippen molar-refractivity contribution in [2.45, 2.75) is 19.4 Å². The molecule has 2 aliphatic heterocycles. The highest BCUT2D eigenvalue weighted by molar-refractivity contribution is 5.97. The molecule has 4 rings (SSSR count). The number of benzene rings is 1. The van der Waals surface area contributed by atoms with Crippen LogP contribution >= 0.6 is 0 Å². The Kier molecular flexibility index (Phi) is 3.45. The fourth-order valence-electron chi connectivity index (χ4n) is 3.28. The van der Waals surface area contributed by atoms with Crippen molar-refractivity contribution in [2.75, 3.05) is 22.9 Å². The zero-order valence-electron chi connectivity index (χ0n) is 13.3. The quantitative estimate of drug-likeness (QED) is 0.795. The number of Topliss-reactive ketones (excluding diaryl/α,β-unsaturated/α-hetero) is 1. The minimum atomic E-state index is -0.456. The van der Waals surface area contributed by atoms with Gasteiger partial charge in [0.25, 0.3) is 0 Å². The van der Waals surface area contributed by atoms with Gasteiger partial charge in [-0.25, -0.2) is 9.78 Å². The van der Waals surface area contributed by atoms with Crippen LogP contribution in [0.15, 0.2) is 42.5 Å². The molecule has 0 saturated carbocycles. The van der Waals surface area contributed by atoms with Gasteiger partial charge in [0.05, 0.1) is 11.7 Å². The van der Waals surface area contributed by atoms with Crippen LogP contribution in [0.4, 0.5) is 16.3 Å². The highest BCUT2D eigenvalue weighted by Gasteiger charge is 2.41. The van der Waals surface area contributed by atoms with Gasteiger partial charge in [0.1, 0.15) is 11.4 Å². The van der Waals surface area contributed by atoms with Crippen molar-refractivity contribution in [3.8, 4) is 5.75 Å². The van der Waals surface area contributed by atoms with E-state index < -0.39 is 6.09 Å². The van der Waals surface area contributed by atoms with Crippen LogP contribution in [0.25, 0.3) is 0 Å². The Hall–Kier alpha value is -2.89. The summed E-state index contributed by atoms with van der Waals surface area (Å²) in [5.41, 5.74) is 1.23. The summed E-state index contributed by atoms with van der Waals surface area (Å²) in [6.45, 7) is 3.10. The van der Waals surface area contributed by atoms with Gasteiger partial charge in [-0.15, -0.1) is 0 Å². The maximum absolute atomic E-state index is 12.8. The van der Waals surface area contributed by atoms with Crippen molar-refractivity contribution in [1.29, 1.82) is 0 Å². The van der Waals surface area contributed by atoms with E-state index in [0.717, 1.165) is 25.2 Å². The van der Waals surface area contributed by atoms with E-state index in [1.807, 2.05) is 24.3 Å². The number of nitrogens with zero attached hydrogens (tertiary/aromatic N) is 3. The van der Waals surface area contributed by atoms with Gasteiger partial charge in [-0.05, 0) is 30.7 Å². The zero-order valence-corrected chi connectivity index (χ0v) is 13.3. The molecule has 0 unspecified atom stereocenters. The third-order valence-electron chi connectivity index (χ3n) is 4.46. The van der Waals surface area contributed by atoms with E-state index in [2.05, 4.69) is 9.88 Å². The Morgan fingerprint density at radius 3 is 2.71 bits per heavy atom. The van der Waals surface area contributed by atoms with Crippen LogP contribution in [-0.2, 0) is 0 Å². The van der Waals surface area contributed by atoms with E-state index in [-0.39, 0.29) is 11.8 Å². The number of para-hydroxylation sites is 1. The van der Waals surface area contributed by atoms with Gasteiger partial charge in [-0.1, -0.05) is 18.2 Å². The molecule has 1 atom stereocenters. The number of pyridine rings is 1. The molecule has 1 saturated heterocycles. The number of carbonyl (C=O) groups excluding carboxylic acids is 2. The van der Waals surface area contributed by atoms with E-state index >= 15 is 0 Å². The molecule has 1 fully saturated rings. The van der Waals surface area contributed by atoms with Crippen molar-refractivity contribution in [2.24, 2.45) is 0 Å². The van der Waals surface area contributed by atoms with E-state index in [9.17, 15) is 9.59 Å². The number of hydrogen-bond acceptors (Lipinski definition) is 5. The number of ketones is 1. The largest absolute Gasteiger partial charge is 0.421 e. The average molecular weight is 323 g/mol. The van der Waals surface area contributed by atoms with Gasteiger partial charge >= 0.3 is 6.09 Å². The Balaban J connectivity index is 1.72. The lowest BCUT2D eigenvalue weighted by Crippen LogP contribution is -2.47. The van der Waals surface area contributed by atoms with Gasteiger partial charge in [-0.2, -0.15) is 0 Å². The summed E-state index contributed by atoms with van der Waals surface area (Å²) in [4.78, 5) is 32.7. The van der Waals surface area contributed by atoms with Gasteiger partial charge in [0.15, 0.2) is 11.6 Å². The van der Waals surface area contributed by atoms with Crippen molar-refractivity contribution >= 4 is 23.4 Å².